The molecule has 1 fully saturated rings. The Kier molecular flexibility index (Phi) is 3.96. The zero-order valence-corrected chi connectivity index (χ0v) is 14.2. The Morgan fingerprint density at radius 1 is 1.16 bits per heavy atom. The van der Waals surface area contributed by atoms with E-state index >= 15 is 0 Å². The topological polar surface area (TPSA) is 62.8 Å². The molecule has 126 valence electrons. The lowest BCUT2D eigenvalue weighted by molar-refractivity contribution is 0.0970. The first-order chi connectivity index (χ1) is 12.1. The highest BCUT2D eigenvalue weighted by Gasteiger charge is 2.27. The number of fused-ring (bicyclic) bond motifs is 1. The summed E-state index contributed by atoms with van der Waals surface area (Å²) in [7, 11) is 0. The quantitative estimate of drug-likeness (QED) is 0.713. The van der Waals surface area contributed by atoms with E-state index in [4.69, 9.17) is 0 Å². The van der Waals surface area contributed by atoms with Crippen molar-refractivity contribution in [3.8, 4) is 0 Å². The monoisotopic (exact) mass is 332 g/mol. The Morgan fingerprint density at radius 2 is 1.92 bits per heavy atom. The maximum absolute atomic E-state index is 12.6. The van der Waals surface area contributed by atoms with Crippen molar-refractivity contribution in [2.75, 3.05) is 0 Å². The molecule has 1 saturated carbocycles. The Bertz CT molecular complexity index is 1000. The number of nitrogens with zero attached hydrogens (tertiary/aromatic N) is 1. The van der Waals surface area contributed by atoms with E-state index in [1.807, 2.05) is 19.1 Å². The average molecular weight is 332 g/mol. The summed E-state index contributed by atoms with van der Waals surface area (Å²) in [5.41, 5.74) is 1.18. The van der Waals surface area contributed by atoms with Gasteiger partial charge in [0.2, 0.25) is 0 Å². The van der Waals surface area contributed by atoms with Crippen LogP contribution in [0, 0.1) is 0 Å². The molecular formula is C21H20N2O2. The van der Waals surface area contributed by atoms with E-state index in [0.717, 1.165) is 18.4 Å². The maximum atomic E-state index is 12.6. The molecule has 1 atom stereocenters. The van der Waals surface area contributed by atoms with Gasteiger partial charge in [-0.05, 0) is 35.1 Å². The molecule has 0 aliphatic heterocycles. The zero-order valence-electron chi connectivity index (χ0n) is 14.2. The van der Waals surface area contributed by atoms with Crippen molar-refractivity contribution in [2.45, 2.75) is 38.0 Å². The average Bonchev–Trinajstić information content (AvgIpc) is 3.46. The van der Waals surface area contributed by atoms with Crippen molar-refractivity contribution < 1.29 is 4.79 Å². The fourth-order valence-electron chi connectivity index (χ4n) is 3.18. The molecule has 1 aliphatic rings. The summed E-state index contributed by atoms with van der Waals surface area (Å²) >= 11 is 0. The summed E-state index contributed by atoms with van der Waals surface area (Å²) in [6.45, 7) is 2.04. The molecule has 4 nitrogen and oxygen atoms in total. The number of aromatic nitrogens is 2. The summed E-state index contributed by atoms with van der Waals surface area (Å²) in [4.78, 5) is 31.6. The van der Waals surface area contributed by atoms with Crippen LogP contribution in [-0.4, -0.2) is 15.8 Å². The first kappa shape index (κ1) is 15.8. The number of nitrogens with one attached hydrogen (secondary N) is 1. The Morgan fingerprint density at radius 3 is 2.68 bits per heavy atom. The fourth-order valence-corrected chi connectivity index (χ4v) is 3.18. The highest BCUT2D eigenvalue weighted by atomic mass is 16.1. The number of ketones is 1. The van der Waals surface area contributed by atoms with Crippen LogP contribution in [0.2, 0.25) is 0 Å². The third-order valence-electron chi connectivity index (χ3n) is 4.84. The predicted molar refractivity (Wildman–Crippen MR) is 98.1 cm³/mol. The number of H-pyrrole nitrogens is 1. The molecule has 0 radical (unpaired) electrons. The SMILES string of the molecule is C[C@@H](CC(=O)c1cc(=O)[nH]c(C2CC2)n1)c1ccc2ccccc2c1. The minimum Gasteiger partial charge on any atom is -0.310 e. The van der Waals surface area contributed by atoms with Crippen LogP contribution in [0.5, 0.6) is 0 Å². The number of benzene rings is 2. The van der Waals surface area contributed by atoms with E-state index in [2.05, 4.69) is 40.3 Å². The van der Waals surface area contributed by atoms with Crippen molar-refractivity contribution in [3.63, 3.8) is 0 Å². The predicted octanol–water partition coefficient (Wildman–Crippen LogP) is 4.18. The van der Waals surface area contributed by atoms with Crippen molar-refractivity contribution in [3.05, 3.63) is 76.0 Å². The van der Waals surface area contributed by atoms with Gasteiger partial charge >= 0.3 is 0 Å². The fraction of sp³-hybridized carbons (Fsp3) is 0.286. The lowest BCUT2D eigenvalue weighted by Crippen LogP contribution is -2.16. The van der Waals surface area contributed by atoms with E-state index in [9.17, 15) is 9.59 Å². The number of carbonyl (C=O) groups excluding carboxylic acids is 1. The van der Waals surface area contributed by atoms with Gasteiger partial charge in [0, 0.05) is 18.4 Å². The third kappa shape index (κ3) is 3.38. The van der Waals surface area contributed by atoms with Gasteiger partial charge in [-0.15, -0.1) is 0 Å². The molecule has 2 aromatic carbocycles. The minimum absolute atomic E-state index is 0.0718. The third-order valence-corrected chi connectivity index (χ3v) is 4.84. The second kappa shape index (κ2) is 6.28. The number of rotatable bonds is 5. The van der Waals surface area contributed by atoms with E-state index in [1.165, 1.54) is 16.8 Å². The molecule has 0 amide bonds. The van der Waals surface area contributed by atoms with E-state index < -0.39 is 0 Å². The largest absolute Gasteiger partial charge is 0.310 e. The molecule has 4 heteroatoms. The Hall–Kier alpha value is -2.75. The molecule has 1 N–H and O–H groups in total. The van der Waals surface area contributed by atoms with Crippen LogP contribution < -0.4 is 5.56 Å². The molecule has 1 aliphatic carbocycles. The van der Waals surface area contributed by atoms with Gasteiger partial charge in [0.25, 0.3) is 5.56 Å². The zero-order chi connectivity index (χ0) is 17.4. The lowest BCUT2D eigenvalue weighted by Gasteiger charge is -2.12. The summed E-state index contributed by atoms with van der Waals surface area (Å²) in [5, 5.41) is 2.36. The van der Waals surface area contributed by atoms with Gasteiger partial charge in [0.15, 0.2) is 5.78 Å². The molecule has 1 heterocycles. The number of carbonyl (C=O) groups is 1. The molecule has 0 bridgehead atoms. The highest BCUT2D eigenvalue weighted by Crippen LogP contribution is 2.37. The van der Waals surface area contributed by atoms with Gasteiger partial charge in [-0.1, -0.05) is 49.4 Å². The second-order valence-corrected chi connectivity index (χ2v) is 6.93. The van der Waals surface area contributed by atoms with Gasteiger partial charge in [-0.2, -0.15) is 0 Å². The maximum Gasteiger partial charge on any atom is 0.251 e. The van der Waals surface area contributed by atoms with Crippen LogP contribution >= 0.6 is 0 Å². The molecule has 0 spiro atoms. The molecular weight excluding hydrogens is 312 g/mol. The summed E-state index contributed by atoms with van der Waals surface area (Å²) < 4.78 is 0. The number of hydrogen-bond acceptors (Lipinski definition) is 3. The van der Waals surface area contributed by atoms with Crippen LogP contribution in [0.1, 0.15) is 59.9 Å². The number of aromatic amines is 1. The van der Waals surface area contributed by atoms with Gasteiger partial charge in [0.1, 0.15) is 11.5 Å². The van der Waals surface area contributed by atoms with Crippen molar-refractivity contribution >= 4 is 16.6 Å². The van der Waals surface area contributed by atoms with Crippen LogP contribution in [0.25, 0.3) is 10.8 Å². The lowest BCUT2D eigenvalue weighted by atomic mass is 9.93. The number of Topliss-reactive ketones (excluding diaryl/α,β-unsaturated/α-hetero) is 1. The van der Waals surface area contributed by atoms with Gasteiger partial charge in [-0.25, -0.2) is 4.98 Å². The Balaban J connectivity index is 1.56. The summed E-state index contributed by atoms with van der Waals surface area (Å²) in [6, 6.07) is 15.8. The first-order valence-corrected chi connectivity index (χ1v) is 8.73. The van der Waals surface area contributed by atoms with Crippen LogP contribution in [0.15, 0.2) is 53.3 Å². The van der Waals surface area contributed by atoms with Crippen LogP contribution in [0.3, 0.4) is 0 Å². The van der Waals surface area contributed by atoms with Crippen LogP contribution in [0.4, 0.5) is 0 Å². The van der Waals surface area contributed by atoms with Crippen LogP contribution in [-0.2, 0) is 0 Å². The van der Waals surface area contributed by atoms with Gasteiger partial charge in [0.05, 0.1) is 0 Å². The molecule has 3 aromatic rings. The van der Waals surface area contributed by atoms with E-state index in [1.54, 1.807) is 0 Å². The second-order valence-electron chi connectivity index (χ2n) is 6.93. The normalized spacial score (nSPS) is 15.2. The smallest absolute Gasteiger partial charge is 0.251 e. The molecule has 25 heavy (non-hydrogen) atoms. The molecule has 4 rings (SSSR count). The first-order valence-electron chi connectivity index (χ1n) is 8.73. The standard InChI is InChI=1S/C21H20N2O2/c1-13(16-9-6-14-4-2-3-5-17(14)11-16)10-19(24)18-12-20(25)23-21(22-18)15-7-8-15/h2-6,9,11-13,15H,7-8,10H2,1H3,(H,22,23,25)/t13-/m0/s1. The van der Waals surface area contributed by atoms with E-state index in [-0.39, 0.29) is 17.3 Å². The highest BCUT2D eigenvalue weighted by molar-refractivity contribution is 5.94. The minimum atomic E-state index is -0.237. The molecule has 0 saturated heterocycles. The number of hydrogen-bond donors (Lipinski definition) is 1. The molecule has 1 aromatic heterocycles. The van der Waals surface area contributed by atoms with Crippen molar-refractivity contribution in [2.24, 2.45) is 0 Å². The van der Waals surface area contributed by atoms with Crippen molar-refractivity contribution in [1.29, 1.82) is 0 Å². The van der Waals surface area contributed by atoms with E-state index in [0.29, 0.717) is 23.9 Å². The Labute approximate surface area is 145 Å². The van der Waals surface area contributed by atoms with Gasteiger partial charge < -0.3 is 4.98 Å². The van der Waals surface area contributed by atoms with Gasteiger partial charge in [-0.3, -0.25) is 9.59 Å². The van der Waals surface area contributed by atoms with Crippen molar-refractivity contribution in [1.82, 2.24) is 9.97 Å². The molecule has 0 unspecified atom stereocenters. The summed E-state index contributed by atoms with van der Waals surface area (Å²) in [6.07, 6.45) is 2.42. The summed E-state index contributed by atoms with van der Waals surface area (Å²) in [5.74, 6) is 0.976.